The monoisotopic (exact) mass is 266 g/mol. The number of hydrogen-bond acceptors (Lipinski definition) is 3. The van der Waals surface area contributed by atoms with Crippen molar-refractivity contribution in [2.45, 2.75) is 76.0 Å². The Kier molecular flexibility index (Phi) is 5.14. The summed E-state index contributed by atoms with van der Waals surface area (Å²) in [7, 11) is 0. The summed E-state index contributed by atoms with van der Waals surface area (Å²) in [6.07, 6.45) is 12.7. The molecule has 3 heteroatoms. The smallest absolute Gasteiger partial charge is 0.0588 e. The molecular formula is C16H30N2O. The summed E-state index contributed by atoms with van der Waals surface area (Å²) in [4.78, 5) is 0. The van der Waals surface area contributed by atoms with Gasteiger partial charge in [0, 0.05) is 18.7 Å². The van der Waals surface area contributed by atoms with E-state index in [4.69, 9.17) is 4.74 Å². The first kappa shape index (κ1) is 13.8. The van der Waals surface area contributed by atoms with E-state index >= 15 is 0 Å². The second kappa shape index (κ2) is 7.05. The summed E-state index contributed by atoms with van der Waals surface area (Å²) >= 11 is 0. The minimum Gasteiger partial charge on any atom is -0.378 e. The van der Waals surface area contributed by atoms with Crippen LogP contribution in [0, 0.1) is 5.92 Å². The third-order valence-electron chi connectivity index (χ3n) is 5.33. The molecule has 2 N–H and O–H groups in total. The Morgan fingerprint density at radius 3 is 2.74 bits per heavy atom. The molecule has 3 nitrogen and oxygen atoms in total. The predicted molar refractivity (Wildman–Crippen MR) is 78.4 cm³/mol. The highest BCUT2D eigenvalue weighted by molar-refractivity contribution is 4.91. The number of ether oxygens (including phenoxy) is 1. The summed E-state index contributed by atoms with van der Waals surface area (Å²) in [5.41, 5.74) is 0. The van der Waals surface area contributed by atoms with Crippen molar-refractivity contribution < 1.29 is 4.74 Å². The van der Waals surface area contributed by atoms with Gasteiger partial charge in [-0.25, -0.2) is 0 Å². The van der Waals surface area contributed by atoms with E-state index in [1.54, 1.807) is 0 Å². The molecule has 4 atom stereocenters. The molecule has 0 radical (unpaired) electrons. The zero-order valence-corrected chi connectivity index (χ0v) is 12.2. The van der Waals surface area contributed by atoms with E-state index in [2.05, 4.69) is 10.6 Å². The molecule has 110 valence electrons. The lowest BCUT2D eigenvalue weighted by Crippen LogP contribution is -2.47. The quantitative estimate of drug-likeness (QED) is 0.802. The van der Waals surface area contributed by atoms with Crippen LogP contribution in [0.3, 0.4) is 0 Å². The van der Waals surface area contributed by atoms with Crippen LogP contribution in [-0.4, -0.2) is 37.9 Å². The highest BCUT2D eigenvalue weighted by Gasteiger charge is 2.32. The third-order valence-corrected chi connectivity index (χ3v) is 5.33. The molecular weight excluding hydrogens is 236 g/mol. The summed E-state index contributed by atoms with van der Waals surface area (Å²) in [6.45, 7) is 3.38. The molecule has 0 aromatic carbocycles. The zero-order valence-electron chi connectivity index (χ0n) is 12.2. The van der Waals surface area contributed by atoms with Gasteiger partial charge in [0.25, 0.3) is 0 Å². The maximum Gasteiger partial charge on any atom is 0.0588 e. The summed E-state index contributed by atoms with van der Waals surface area (Å²) in [5, 5.41) is 7.58. The second-order valence-corrected chi connectivity index (χ2v) is 6.64. The fraction of sp³-hybridized carbons (Fsp3) is 1.00. The Labute approximate surface area is 117 Å². The van der Waals surface area contributed by atoms with Crippen molar-refractivity contribution in [2.24, 2.45) is 5.92 Å². The maximum absolute atomic E-state index is 5.72. The molecule has 3 aliphatic rings. The Morgan fingerprint density at radius 1 is 1.00 bits per heavy atom. The third kappa shape index (κ3) is 3.71. The summed E-state index contributed by atoms with van der Waals surface area (Å²) < 4.78 is 5.72. The lowest BCUT2D eigenvalue weighted by Gasteiger charge is -2.36. The highest BCUT2D eigenvalue weighted by atomic mass is 16.5. The van der Waals surface area contributed by atoms with Crippen LogP contribution < -0.4 is 10.6 Å². The Balaban J connectivity index is 1.43. The van der Waals surface area contributed by atoms with Crippen LogP contribution in [0.2, 0.25) is 0 Å². The molecule has 0 amide bonds. The Bertz CT molecular complexity index is 259. The van der Waals surface area contributed by atoms with Crippen LogP contribution in [0.15, 0.2) is 0 Å². The first-order valence-electron chi connectivity index (χ1n) is 8.52. The molecule has 3 fully saturated rings. The van der Waals surface area contributed by atoms with E-state index in [1.807, 2.05) is 0 Å². The van der Waals surface area contributed by atoms with E-state index in [0.29, 0.717) is 6.10 Å². The lowest BCUT2D eigenvalue weighted by molar-refractivity contribution is 0.101. The highest BCUT2D eigenvalue weighted by Crippen LogP contribution is 2.30. The molecule has 4 unspecified atom stereocenters. The number of rotatable bonds is 5. The number of hydrogen-bond donors (Lipinski definition) is 2. The average molecular weight is 266 g/mol. The van der Waals surface area contributed by atoms with Crippen LogP contribution in [0.1, 0.15) is 57.8 Å². The predicted octanol–water partition coefficient (Wildman–Crippen LogP) is 2.46. The fourth-order valence-corrected chi connectivity index (χ4v) is 4.27. The second-order valence-electron chi connectivity index (χ2n) is 6.64. The molecule has 2 saturated heterocycles. The van der Waals surface area contributed by atoms with Crippen molar-refractivity contribution >= 4 is 0 Å². The molecule has 2 heterocycles. The SMILES string of the molecule is C1COC(CCNC2CCCCC2C2CCCN2)C1. The molecule has 0 aromatic rings. The van der Waals surface area contributed by atoms with Gasteiger partial charge in [0.2, 0.25) is 0 Å². The largest absolute Gasteiger partial charge is 0.378 e. The summed E-state index contributed by atoms with van der Waals surface area (Å²) in [6, 6.07) is 1.55. The van der Waals surface area contributed by atoms with Crippen molar-refractivity contribution in [1.82, 2.24) is 10.6 Å². The van der Waals surface area contributed by atoms with Crippen molar-refractivity contribution in [3.8, 4) is 0 Å². The zero-order chi connectivity index (χ0) is 12.9. The molecule has 0 aromatic heterocycles. The van der Waals surface area contributed by atoms with E-state index < -0.39 is 0 Å². The van der Waals surface area contributed by atoms with Crippen molar-refractivity contribution in [3.63, 3.8) is 0 Å². The van der Waals surface area contributed by atoms with Gasteiger partial charge < -0.3 is 15.4 Å². The van der Waals surface area contributed by atoms with Crippen LogP contribution in [0.25, 0.3) is 0 Å². The van der Waals surface area contributed by atoms with E-state index in [-0.39, 0.29) is 0 Å². The molecule has 19 heavy (non-hydrogen) atoms. The van der Waals surface area contributed by atoms with Crippen LogP contribution in [0.4, 0.5) is 0 Å². The standard InChI is InChI=1S/C16H30N2O/c1-2-7-15(14(6-1)16-8-3-10-17-16)18-11-9-13-5-4-12-19-13/h13-18H,1-12H2. The molecule has 2 aliphatic heterocycles. The normalized spacial score (nSPS) is 39.8. The van der Waals surface area contributed by atoms with E-state index in [0.717, 1.165) is 31.2 Å². The van der Waals surface area contributed by atoms with Gasteiger partial charge in [0.1, 0.15) is 0 Å². The van der Waals surface area contributed by atoms with Gasteiger partial charge in [0.05, 0.1) is 6.10 Å². The molecule has 0 bridgehead atoms. The van der Waals surface area contributed by atoms with Gasteiger partial charge in [-0.3, -0.25) is 0 Å². The minimum absolute atomic E-state index is 0.541. The van der Waals surface area contributed by atoms with Gasteiger partial charge >= 0.3 is 0 Å². The molecule has 0 spiro atoms. The van der Waals surface area contributed by atoms with Crippen LogP contribution >= 0.6 is 0 Å². The van der Waals surface area contributed by atoms with Crippen molar-refractivity contribution in [2.75, 3.05) is 19.7 Å². The molecule has 1 saturated carbocycles. The van der Waals surface area contributed by atoms with Gasteiger partial charge in [-0.05, 0) is 64.0 Å². The average Bonchev–Trinajstić information content (AvgIpc) is 3.12. The van der Waals surface area contributed by atoms with Crippen LogP contribution in [0.5, 0.6) is 0 Å². The van der Waals surface area contributed by atoms with E-state index in [9.17, 15) is 0 Å². The number of nitrogens with one attached hydrogen (secondary N) is 2. The Morgan fingerprint density at radius 2 is 1.95 bits per heavy atom. The summed E-state index contributed by atoms with van der Waals surface area (Å²) in [5.74, 6) is 0.876. The molecule has 1 aliphatic carbocycles. The minimum atomic E-state index is 0.541. The van der Waals surface area contributed by atoms with Crippen LogP contribution in [-0.2, 0) is 4.74 Å². The van der Waals surface area contributed by atoms with Gasteiger partial charge in [-0.2, -0.15) is 0 Å². The van der Waals surface area contributed by atoms with E-state index in [1.165, 1.54) is 64.3 Å². The molecule has 3 rings (SSSR count). The maximum atomic E-state index is 5.72. The van der Waals surface area contributed by atoms with Gasteiger partial charge in [-0.1, -0.05) is 12.8 Å². The first-order chi connectivity index (χ1) is 9.43. The van der Waals surface area contributed by atoms with Gasteiger partial charge in [-0.15, -0.1) is 0 Å². The fourth-order valence-electron chi connectivity index (χ4n) is 4.27. The first-order valence-corrected chi connectivity index (χ1v) is 8.52. The van der Waals surface area contributed by atoms with Crippen molar-refractivity contribution in [1.29, 1.82) is 0 Å². The Hall–Kier alpha value is -0.120. The lowest BCUT2D eigenvalue weighted by atomic mass is 9.79. The van der Waals surface area contributed by atoms with Gasteiger partial charge in [0.15, 0.2) is 0 Å². The van der Waals surface area contributed by atoms with Crippen molar-refractivity contribution in [3.05, 3.63) is 0 Å². The topological polar surface area (TPSA) is 33.3 Å².